The van der Waals surface area contributed by atoms with Gasteiger partial charge in [0.15, 0.2) is 0 Å². The lowest BCUT2D eigenvalue weighted by atomic mass is 10.2. The minimum absolute atomic E-state index is 0.0994. The molecule has 21 heavy (non-hydrogen) atoms. The number of halogens is 1. The van der Waals surface area contributed by atoms with Crippen molar-refractivity contribution in [3.8, 4) is 5.75 Å². The molecule has 1 unspecified atom stereocenters. The highest BCUT2D eigenvalue weighted by molar-refractivity contribution is 9.10. The summed E-state index contributed by atoms with van der Waals surface area (Å²) in [4.78, 5) is 11.8. The third kappa shape index (κ3) is 4.75. The van der Waals surface area contributed by atoms with E-state index in [0.717, 1.165) is 23.9 Å². The summed E-state index contributed by atoms with van der Waals surface area (Å²) < 4.78 is 16.6. The Hall–Kier alpha value is -1.53. The van der Waals surface area contributed by atoms with Crippen LogP contribution in [0, 0.1) is 0 Å². The molecule has 0 aliphatic carbocycles. The van der Waals surface area contributed by atoms with E-state index in [1.165, 1.54) is 13.3 Å². The number of hydrogen-bond donors (Lipinski definition) is 1. The number of hydrogen-bond acceptors (Lipinski definition) is 5. The molecule has 1 fully saturated rings. The Balaban J connectivity index is 2.00. The number of benzene rings is 1. The van der Waals surface area contributed by atoms with E-state index in [9.17, 15) is 4.79 Å². The van der Waals surface area contributed by atoms with E-state index in [-0.39, 0.29) is 11.9 Å². The van der Waals surface area contributed by atoms with Crippen LogP contribution < -0.4 is 10.1 Å². The zero-order valence-electron chi connectivity index (χ0n) is 11.8. The Bertz CT molecular complexity index is 512. The van der Waals surface area contributed by atoms with Crippen LogP contribution in [0.5, 0.6) is 5.75 Å². The van der Waals surface area contributed by atoms with E-state index in [1.807, 2.05) is 18.2 Å². The zero-order chi connectivity index (χ0) is 15.1. The summed E-state index contributed by atoms with van der Waals surface area (Å²) in [5, 5.41) is 3.05. The van der Waals surface area contributed by atoms with Crippen molar-refractivity contribution in [1.82, 2.24) is 5.32 Å². The van der Waals surface area contributed by atoms with Crippen molar-refractivity contribution in [3.63, 3.8) is 0 Å². The van der Waals surface area contributed by atoms with Gasteiger partial charge in [-0.25, -0.2) is 4.79 Å². The van der Waals surface area contributed by atoms with Gasteiger partial charge in [-0.3, -0.25) is 0 Å². The first-order valence-electron chi connectivity index (χ1n) is 6.76. The molecule has 0 spiro atoms. The fourth-order valence-corrected chi connectivity index (χ4v) is 2.33. The molecule has 1 aliphatic rings. The summed E-state index contributed by atoms with van der Waals surface area (Å²) in [6.45, 7) is 1.44. The van der Waals surface area contributed by atoms with Gasteiger partial charge in [0, 0.05) is 19.4 Å². The molecule has 0 amide bonds. The average molecular weight is 356 g/mol. The SMILES string of the molecule is COC(=O)/C(=C\NCC1CCCO1)Oc1ccccc1Br. The van der Waals surface area contributed by atoms with Crippen LogP contribution in [0.15, 0.2) is 40.7 Å². The van der Waals surface area contributed by atoms with Crippen molar-refractivity contribution in [1.29, 1.82) is 0 Å². The lowest BCUT2D eigenvalue weighted by Gasteiger charge is -2.12. The number of rotatable bonds is 6. The predicted octanol–water partition coefficient (Wildman–Crippen LogP) is 2.61. The third-order valence-corrected chi connectivity index (χ3v) is 3.70. The Kier molecular flexibility index (Phi) is 6.07. The molecule has 0 saturated carbocycles. The number of nitrogens with one attached hydrogen (secondary N) is 1. The highest BCUT2D eigenvalue weighted by atomic mass is 79.9. The second-order valence-electron chi connectivity index (χ2n) is 4.58. The van der Waals surface area contributed by atoms with Crippen molar-refractivity contribution in [2.24, 2.45) is 0 Å². The maximum atomic E-state index is 11.8. The molecule has 0 radical (unpaired) electrons. The van der Waals surface area contributed by atoms with E-state index in [1.54, 1.807) is 6.07 Å². The van der Waals surface area contributed by atoms with Crippen LogP contribution in [-0.4, -0.2) is 32.3 Å². The van der Waals surface area contributed by atoms with Gasteiger partial charge in [-0.15, -0.1) is 0 Å². The van der Waals surface area contributed by atoms with E-state index in [2.05, 4.69) is 21.2 Å². The standard InChI is InChI=1S/C15H18BrNO4/c1-19-15(18)14(10-17-9-11-5-4-8-20-11)21-13-7-3-2-6-12(13)16/h2-3,6-7,10-11,17H,4-5,8-9H2,1H3/b14-10+. The molecule has 1 atom stereocenters. The molecular formula is C15H18BrNO4. The normalized spacial score (nSPS) is 18.4. The molecule has 1 aromatic carbocycles. The topological polar surface area (TPSA) is 56.8 Å². The molecule has 0 aromatic heterocycles. The monoisotopic (exact) mass is 355 g/mol. The fourth-order valence-electron chi connectivity index (χ4n) is 1.97. The summed E-state index contributed by atoms with van der Waals surface area (Å²) in [7, 11) is 1.32. The van der Waals surface area contributed by atoms with Gasteiger partial charge in [-0.1, -0.05) is 12.1 Å². The fraction of sp³-hybridized carbons (Fsp3) is 0.400. The van der Waals surface area contributed by atoms with E-state index < -0.39 is 5.97 Å². The number of methoxy groups -OCH3 is 1. The van der Waals surface area contributed by atoms with Crippen LogP contribution in [0.25, 0.3) is 0 Å². The van der Waals surface area contributed by atoms with Crippen LogP contribution in [0.1, 0.15) is 12.8 Å². The Morgan fingerprint density at radius 1 is 1.52 bits per heavy atom. The Morgan fingerprint density at radius 3 is 3.00 bits per heavy atom. The quantitative estimate of drug-likeness (QED) is 0.482. The maximum Gasteiger partial charge on any atom is 0.375 e. The molecule has 1 saturated heterocycles. The lowest BCUT2D eigenvalue weighted by Crippen LogP contribution is -2.24. The summed E-state index contributed by atoms with van der Waals surface area (Å²) in [6, 6.07) is 7.30. The molecular weight excluding hydrogens is 338 g/mol. The van der Waals surface area contributed by atoms with Crippen LogP contribution in [0.4, 0.5) is 0 Å². The molecule has 1 heterocycles. The molecule has 5 nitrogen and oxygen atoms in total. The van der Waals surface area contributed by atoms with Crippen molar-refractivity contribution in [2.75, 3.05) is 20.3 Å². The Labute approximate surface area is 132 Å². The van der Waals surface area contributed by atoms with Crippen LogP contribution in [-0.2, 0) is 14.3 Å². The van der Waals surface area contributed by atoms with E-state index >= 15 is 0 Å². The number of ether oxygens (including phenoxy) is 3. The third-order valence-electron chi connectivity index (χ3n) is 3.05. The van der Waals surface area contributed by atoms with E-state index in [0.29, 0.717) is 12.3 Å². The van der Waals surface area contributed by atoms with Gasteiger partial charge in [0.25, 0.3) is 0 Å². The number of carbonyl (C=O) groups is 1. The molecule has 1 N–H and O–H groups in total. The smallest absolute Gasteiger partial charge is 0.375 e. The van der Waals surface area contributed by atoms with Gasteiger partial charge < -0.3 is 19.5 Å². The van der Waals surface area contributed by atoms with E-state index in [4.69, 9.17) is 14.2 Å². The van der Waals surface area contributed by atoms with Gasteiger partial charge in [0.1, 0.15) is 5.75 Å². The maximum absolute atomic E-state index is 11.8. The number of carbonyl (C=O) groups excluding carboxylic acids is 1. The van der Waals surface area contributed by atoms with Crippen LogP contribution >= 0.6 is 15.9 Å². The minimum atomic E-state index is -0.536. The zero-order valence-corrected chi connectivity index (χ0v) is 13.4. The van der Waals surface area contributed by atoms with Crippen LogP contribution in [0.3, 0.4) is 0 Å². The minimum Gasteiger partial charge on any atom is -0.463 e. The van der Waals surface area contributed by atoms with Gasteiger partial charge >= 0.3 is 5.97 Å². The van der Waals surface area contributed by atoms with Crippen molar-refractivity contribution in [2.45, 2.75) is 18.9 Å². The summed E-state index contributed by atoms with van der Waals surface area (Å²) >= 11 is 3.37. The second kappa shape index (κ2) is 8.05. The number of esters is 1. The Morgan fingerprint density at radius 2 is 2.33 bits per heavy atom. The van der Waals surface area contributed by atoms with Crippen molar-refractivity contribution < 1.29 is 19.0 Å². The van der Waals surface area contributed by atoms with Gasteiger partial charge in [0.05, 0.1) is 17.7 Å². The number of para-hydroxylation sites is 1. The molecule has 2 rings (SSSR count). The molecule has 114 valence electrons. The summed E-state index contributed by atoms with van der Waals surface area (Å²) in [5.74, 6) is 0.112. The van der Waals surface area contributed by atoms with Gasteiger partial charge in [0.2, 0.25) is 5.76 Å². The summed E-state index contributed by atoms with van der Waals surface area (Å²) in [5.41, 5.74) is 0. The predicted molar refractivity (Wildman–Crippen MR) is 81.8 cm³/mol. The highest BCUT2D eigenvalue weighted by Gasteiger charge is 2.16. The first kappa shape index (κ1) is 15.9. The van der Waals surface area contributed by atoms with Crippen molar-refractivity contribution in [3.05, 3.63) is 40.7 Å². The lowest BCUT2D eigenvalue weighted by molar-refractivity contribution is -0.138. The molecule has 1 aliphatic heterocycles. The first-order chi connectivity index (χ1) is 10.2. The molecule has 1 aromatic rings. The summed E-state index contributed by atoms with van der Waals surface area (Å²) in [6.07, 6.45) is 3.81. The second-order valence-corrected chi connectivity index (χ2v) is 5.43. The highest BCUT2D eigenvalue weighted by Crippen LogP contribution is 2.25. The van der Waals surface area contributed by atoms with Gasteiger partial charge in [-0.2, -0.15) is 0 Å². The van der Waals surface area contributed by atoms with Crippen molar-refractivity contribution >= 4 is 21.9 Å². The molecule has 0 bridgehead atoms. The first-order valence-corrected chi connectivity index (χ1v) is 7.56. The average Bonchev–Trinajstić information content (AvgIpc) is 3.00. The largest absolute Gasteiger partial charge is 0.463 e. The van der Waals surface area contributed by atoms with Gasteiger partial charge in [-0.05, 0) is 40.9 Å². The van der Waals surface area contributed by atoms with Crippen LogP contribution in [0.2, 0.25) is 0 Å². The molecule has 6 heteroatoms.